The van der Waals surface area contributed by atoms with Crippen LogP contribution in [0.3, 0.4) is 0 Å². The van der Waals surface area contributed by atoms with Crippen LogP contribution >= 0.6 is 22.9 Å². The van der Waals surface area contributed by atoms with E-state index < -0.39 is 0 Å². The molecule has 0 bridgehead atoms. The summed E-state index contributed by atoms with van der Waals surface area (Å²) in [7, 11) is 0. The van der Waals surface area contributed by atoms with Crippen molar-refractivity contribution in [3.05, 3.63) is 9.47 Å². The van der Waals surface area contributed by atoms with Gasteiger partial charge in [0.2, 0.25) is 9.47 Å². The summed E-state index contributed by atoms with van der Waals surface area (Å²) in [5.74, 6) is -0.176. The normalized spacial score (nSPS) is 23.2. The quantitative estimate of drug-likeness (QED) is 0.843. The van der Waals surface area contributed by atoms with Gasteiger partial charge in [-0.05, 0) is 23.4 Å². The van der Waals surface area contributed by atoms with Gasteiger partial charge in [0.15, 0.2) is 0 Å². The molecule has 1 fully saturated rings. The van der Waals surface area contributed by atoms with Crippen molar-refractivity contribution in [2.24, 2.45) is 5.41 Å². The van der Waals surface area contributed by atoms with Crippen molar-refractivity contribution in [2.45, 2.75) is 26.3 Å². The first-order valence-electron chi connectivity index (χ1n) is 4.29. The molecule has 1 N–H and O–H groups in total. The van der Waals surface area contributed by atoms with Crippen LogP contribution in [0, 0.1) is 5.41 Å². The molecule has 1 unspecified atom stereocenters. The van der Waals surface area contributed by atoms with Crippen LogP contribution in [-0.4, -0.2) is 22.1 Å². The van der Waals surface area contributed by atoms with E-state index in [2.05, 4.69) is 29.4 Å². The monoisotopic (exact) mass is 231 g/mol. The molecule has 0 aliphatic heterocycles. The summed E-state index contributed by atoms with van der Waals surface area (Å²) in [5.41, 5.74) is 0.226. The molecule has 14 heavy (non-hydrogen) atoms. The van der Waals surface area contributed by atoms with Gasteiger partial charge in [0.25, 0.3) is 5.91 Å². The van der Waals surface area contributed by atoms with Crippen molar-refractivity contribution >= 4 is 28.8 Å². The van der Waals surface area contributed by atoms with E-state index in [0.29, 0.717) is 9.47 Å². The Hall–Kier alpha value is -0.680. The molecule has 1 aliphatic rings. The molecule has 1 heterocycles. The predicted octanol–water partition coefficient (Wildman–Crippen LogP) is 1.72. The topological polar surface area (TPSA) is 54.9 Å². The number of carbonyl (C=O) groups excluding carboxylic acids is 1. The fourth-order valence-corrected chi connectivity index (χ4v) is 1.96. The molecule has 1 amide bonds. The minimum atomic E-state index is -0.176. The van der Waals surface area contributed by atoms with Crippen LogP contribution < -0.4 is 5.32 Å². The number of hydrogen-bond acceptors (Lipinski definition) is 4. The number of carbonyl (C=O) groups is 1. The van der Waals surface area contributed by atoms with Gasteiger partial charge in [-0.15, -0.1) is 10.2 Å². The van der Waals surface area contributed by atoms with Gasteiger partial charge >= 0.3 is 0 Å². The summed E-state index contributed by atoms with van der Waals surface area (Å²) >= 11 is 6.67. The van der Waals surface area contributed by atoms with Crippen molar-refractivity contribution in [2.75, 3.05) is 0 Å². The van der Waals surface area contributed by atoms with E-state index in [-0.39, 0.29) is 17.4 Å². The number of nitrogens with zero attached hydrogens (tertiary/aromatic N) is 2. The lowest BCUT2D eigenvalue weighted by molar-refractivity contribution is 0.0945. The molecule has 0 spiro atoms. The molecule has 0 radical (unpaired) electrons. The predicted molar refractivity (Wildman–Crippen MR) is 54.6 cm³/mol. The van der Waals surface area contributed by atoms with E-state index in [0.717, 1.165) is 17.8 Å². The molecule has 1 aliphatic carbocycles. The standard InChI is InChI=1S/C8H10ClN3OS/c1-8(2)3-4(8)10-5(13)6-11-12-7(9)14-6/h4H,3H2,1-2H3,(H,10,13). The first kappa shape index (κ1) is 9.86. The fraction of sp³-hybridized carbons (Fsp3) is 0.625. The van der Waals surface area contributed by atoms with Crippen molar-refractivity contribution in [1.29, 1.82) is 0 Å². The van der Waals surface area contributed by atoms with Crippen LogP contribution in [0.5, 0.6) is 0 Å². The molecule has 1 aromatic heterocycles. The second kappa shape index (κ2) is 3.17. The second-order valence-electron chi connectivity index (χ2n) is 4.08. The Morgan fingerprint density at radius 1 is 1.64 bits per heavy atom. The van der Waals surface area contributed by atoms with Gasteiger partial charge in [0.1, 0.15) is 0 Å². The largest absolute Gasteiger partial charge is 0.347 e. The highest BCUT2D eigenvalue weighted by Gasteiger charge is 2.46. The molecule has 4 nitrogen and oxygen atoms in total. The van der Waals surface area contributed by atoms with E-state index >= 15 is 0 Å². The molecule has 1 aromatic rings. The van der Waals surface area contributed by atoms with Crippen LogP contribution in [-0.2, 0) is 0 Å². The summed E-state index contributed by atoms with van der Waals surface area (Å²) in [5, 5.41) is 10.5. The van der Waals surface area contributed by atoms with E-state index in [4.69, 9.17) is 11.6 Å². The van der Waals surface area contributed by atoms with Gasteiger partial charge in [-0.3, -0.25) is 4.79 Å². The zero-order chi connectivity index (χ0) is 10.3. The van der Waals surface area contributed by atoms with Crippen molar-refractivity contribution in [3.8, 4) is 0 Å². The third kappa shape index (κ3) is 1.88. The number of nitrogens with one attached hydrogen (secondary N) is 1. The molecule has 2 rings (SSSR count). The number of rotatable bonds is 2. The van der Waals surface area contributed by atoms with E-state index in [1.165, 1.54) is 0 Å². The zero-order valence-corrected chi connectivity index (χ0v) is 9.45. The highest BCUT2D eigenvalue weighted by molar-refractivity contribution is 7.17. The average molecular weight is 232 g/mol. The van der Waals surface area contributed by atoms with Gasteiger partial charge in [-0.2, -0.15) is 0 Å². The molecule has 76 valence electrons. The Bertz CT molecular complexity index is 376. The third-order valence-corrected chi connectivity index (χ3v) is 3.43. The Kier molecular flexibility index (Phi) is 2.23. The van der Waals surface area contributed by atoms with E-state index in [9.17, 15) is 4.79 Å². The fourth-order valence-electron chi connectivity index (χ4n) is 1.23. The molecule has 0 aromatic carbocycles. The van der Waals surface area contributed by atoms with Crippen molar-refractivity contribution in [3.63, 3.8) is 0 Å². The SMILES string of the molecule is CC1(C)CC1NC(=O)c1nnc(Cl)s1. The van der Waals surface area contributed by atoms with Crippen LogP contribution in [0.4, 0.5) is 0 Å². The highest BCUT2D eigenvalue weighted by Crippen LogP contribution is 2.44. The van der Waals surface area contributed by atoms with Crippen LogP contribution in [0.2, 0.25) is 4.47 Å². The number of aromatic nitrogens is 2. The maximum atomic E-state index is 11.5. The Morgan fingerprint density at radius 2 is 2.29 bits per heavy atom. The van der Waals surface area contributed by atoms with E-state index in [1.54, 1.807) is 0 Å². The zero-order valence-electron chi connectivity index (χ0n) is 7.87. The van der Waals surface area contributed by atoms with Crippen molar-refractivity contribution in [1.82, 2.24) is 15.5 Å². The van der Waals surface area contributed by atoms with Crippen molar-refractivity contribution < 1.29 is 4.79 Å². The first-order valence-corrected chi connectivity index (χ1v) is 5.48. The number of amides is 1. The third-order valence-electron chi connectivity index (χ3n) is 2.41. The minimum Gasteiger partial charge on any atom is -0.347 e. The summed E-state index contributed by atoms with van der Waals surface area (Å²) < 4.78 is 0.296. The molecular formula is C8H10ClN3OS. The number of halogens is 1. The maximum Gasteiger partial charge on any atom is 0.282 e. The van der Waals surface area contributed by atoms with Gasteiger partial charge < -0.3 is 5.32 Å². The summed E-state index contributed by atoms with van der Waals surface area (Å²) in [6.07, 6.45) is 1.02. The Labute approximate surface area is 90.7 Å². The second-order valence-corrected chi connectivity index (χ2v) is 5.64. The average Bonchev–Trinajstić information content (AvgIpc) is 2.52. The van der Waals surface area contributed by atoms with Gasteiger partial charge in [-0.25, -0.2) is 0 Å². The van der Waals surface area contributed by atoms with Crippen LogP contribution in [0.15, 0.2) is 0 Å². The lowest BCUT2D eigenvalue weighted by atomic mass is 10.2. The molecule has 6 heteroatoms. The number of hydrogen-bond donors (Lipinski definition) is 1. The lowest BCUT2D eigenvalue weighted by Crippen LogP contribution is -2.28. The first-order chi connectivity index (χ1) is 6.49. The van der Waals surface area contributed by atoms with Gasteiger partial charge in [-0.1, -0.05) is 25.2 Å². The lowest BCUT2D eigenvalue weighted by Gasteiger charge is -2.03. The van der Waals surface area contributed by atoms with Crippen LogP contribution in [0.1, 0.15) is 30.1 Å². The molecule has 1 atom stereocenters. The Morgan fingerprint density at radius 3 is 2.71 bits per heavy atom. The minimum absolute atomic E-state index is 0.176. The maximum absolute atomic E-state index is 11.5. The van der Waals surface area contributed by atoms with Crippen LogP contribution in [0.25, 0.3) is 0 Å². The summed E-state index contributed by atoms with van der Waals surface area (Å²) in [6, 6.07) is 0.262. The highest BCUT2D eigenvalue weighted by atomic mass is 35.5. The Balaban J connectivity index is 1.97. The molecular weight excluding hydrogens is 222 g/mol. The van der Waals surface area contributed by atoms with E-state index in [1.807, 2.05) is 0 Å². The molecule has 1 saturated carbocycles. The smallest absolute Gasteiger partial charge is 0.282 e. The summed E-state index contributed by atoms with van der Waals surface area (Å²) in [6.45, 7) is 4.23. The molecule has 0 saturated heterocycles. The van der Waals surface area contributed by atoms with Gasteiger partial charge in [0.05, 0.1) is 0 Å². The van der Waals surface area contributed by atoms with Gasteiger partial charge in [0, 0.05) is 6.04 Å². The summed E-state index contributed by atoms with van der Waals surface area (Å²) in [4.78, 5) is 11.5.